The zero-order valence-corrected chi connectivity index (χ0v) is 11.3. The molecule has 0 aliphatic carbocycles. The second-order valence-electron chi connectivity index (χ2n) is 4.61. The van der Waals surface area contributed by atoms with E-state index in [2.05, 4.69) is 13.0 Å². The van der Waals surface area contributed by atoms with Crippen molar-refractivity contribution in [3.05, 3.63) is 59.7 Å². The van der Waals surface area contributed by atoms with Crippen molar-refractivity contribution in [3.8, 4) is 11.1 Å². The van der Waals surface area contributed by atoms with Crippen LogP contribution in [0.4, 0.5) is 5.69 Å². The van der Waals surface area contributed by atoms with Gasteiger partial charge in [-0.2, -0.15) is 0 Å². The summed E-state index contributed by atoms with van der Waals surface area (Å²) in [6.07, 6.45) is 3.64. The highest BCUT2D eigenvalue weighted by Gasteiger charge is 2.01. The Morgan fingerprint density at radius 2 is 1.85 bits per heavy atom. The van der Waals surface area contributed by atoms with Crippen molar-refractivity contribution in [2.24, 2.45) is 0 Å². The Kier molecular flexibility index (Phi) is 4.20. The molecular weight excluding hydrogens is 250 g/mol. The van der Waals surface area contributed by atoms with Crippen molar-refractivity contribution in [2.45, 2.75) is 13.3 Å². The van der Waals surface area contributed by atoms with Crippen LogP contribution in [-0.2, 0) is 11.2 Å². The minimum atomic E-state index is -0.947. The molecule has 0 spiro atoms. The Labute approximate surface area is 118 Å². The Morgan fingerprint density at radius 1 is 1.15 bits per heavy atom. The monoisotopic (exact) mass is 267 g/mol. The molecule has 0 fully saturated rings. The van der Waals surface area contributed by atoms with Crippen LogP contribution >= 0.6 is 0 Å². The highest BCUT2D eigenvalue weighted by molar-refractivity contribution is 5.85. The van der Waals surface area contributed by atoms with Crippen LogP contribution < -0.4 is 5.73 Å². The van der Waals surface area contributed by atoms with Gasteiger partial charge in [-0.3, -0.25) is 0 Å². The summed E-state index contributed by atoms with van der Waals surface area (Å²) in [5.41, 5.74) is 10.9. The molecule has 0 aromatic heterocycles. The number of carboxylic acids is 1. The quantitative estimate of drug-likeness (QED) is 0.657. The maximum atomic E-state index is 10.5. The Hall–Kier alpha value is -2.55. The minimum Gasteiger partial charge on any atom is -0.478 e. The van der Waals surface area contributed by atoms with E-state index in [1.807, 2.05) is 36.4 Å². The second-order valence-corrected chi connectivity index (χ2v) is 4.61. The number of rotatable bonds is 4. The fourth-order valence-electron chi connectivity index (χ4n) is 2.04. The Balaban J connectivity index is 2.30. The van der Waals surface area contributed by atoms with Crippen LogP contribution in [0.1, 0.15) is 18.1 Å². The number of carbonyl (C=O) groups is 1. The van der Waals surface area contributed by atoms with Gasteiger partial charge in [0.15, 0.2) is 0 Å². The zero-order chi connectivity index (χ0) is 14.5. The van der Waals surface area contributed by atoms with Crippen molar-refractivity contribution < 1.29 is 9.90 Å². The van der Waals surface area contributed by atoms with Crippen LogP contribution in [0.3, 0.4) is 0 Å². The molecule has 0 radical (unpaired) electrons. The van der Waals surface area contributed by atoms with E-state index in [1.54, 1.807) is 6.08 Å². The van der Waals surface area contributed by atoms with Gasteiger partial charge in [0.2, 0.25) is 0 Å². The third-order valence-electron chi connectivity index (χ3n) is 3.09. The number of hydrogen-bond acceptors (Lipinski definition) is 2. The first-order valence-electron chi connectivity index (χ1n) is 6.49. The minimum absolute atomic E-state index is 0.759. The van der Waals surface area contributed by atoms with Gasteiger partial charge in [0.05, 0.1) is 0 Å². The summed E-state index contributed by atoms with van der Waals surface area (Å²) in [7, 11) is 0. The van der Waals surface area contributed by atoms with Crippen LogP contribution in [0.25, 0.3) is 17.2 Å². The van der Waals surface area contributed by atoms with Crippen molar-refractivity contribution in [2.75, 3.05) is 5.73 Å². The van der Waals surface area contributed by atoms with Gasteiger partial charge in [0.1, 0.15) is 0 Å². The maximum Gasteiger partial charge on any atom is 0.328 e. The molecule has 3 heteroatoms. The first-order chi connectivity index (χ1) is 9.58. The summed E-state index contributed by atoms with van der Waals surface area (Å²) in [5, 5.41) is 8.59. The van der Waals surface area contributed by atoms with E-state index >= 15 is 0 Å². The molecule has 3 N–H and O–H groups in total. The van der Waals surface area contributed by atoms with Crippen molar-refractivity contribution in [1.29, 1.82) is 0 Å². The average Bonchev–Trinajstić information content (AvgIpc) is 2.45. The standard InChI is InChI=1S/C17H17NO2/c1-2-12-9-15(11-16(18)10-12)14-6-3-13(4-7-14)5-8-17(19)20/h3-11H,2,18H2,1H3,(H,19,20)/b8-5+. The lowest BCUT2D eigenvalue weighted by Crippen LogP contribution is -1.90. The lowest BCUT2D eigenvalue weighted by atomic mass is 10.00. The van der Waals surface area contributed by atoms with E-state index in [0.717, 1.165) is 34.9 Å². The predicted octanol–water partition coefficient (Wildman–Crippen LogP) is 3.60. The van der Waals surface area contributed by atoms with E-state index in [-0.39, 0.29) is 0 Å². The van der Waals surface area contributed by atoms with Gasteiger partial charge < -0.3 is 10.8 Å². The van der Waals surface area contributed by atoms with Crippen LogP contribution in [0.5, 0.6) is 0 Å². The maximum absolute atomic E-state index is 10.5. The van der Waals surface area contributed by atoms with Gasteiger partial charge in [0.25, 0.3) is 0 Å². The number of anilines is 1. The average molecular weight is 267 g/mol. The summed E-state index contributed by atoms with van der Waals surface area (Å²) >= 11 is 0. The smallest absolute Gasteiger partial charge is 0.328 e. The molecule has 2 aromatic carbocycles. The van der Waals surface area contributed by atoms with Gasteiger partial charge in [-0.15, -0.1) is 0 Å². The molecule has 20 heavy (non-hydrogen) atoms. The zero-order valence-electron chi connectivity index (χ0n) is 11.3. The van der Waals surface area contributed by atoms with Gasteiger partial charge in [-0.25, -0.2) is 4.79 Å². The molecule has 0 heterocycles. The summed E-state index contributed by atoms with van der Waals surface area (Å²) in [4.78, 5) is 10.5. The van der Waals surface area contributed by atoms with Crippen LogP contribution in [0.15, 0.2) is 48.5 Å². The van der Waals surface area contributed by atoms with Gasteiger partial charge >= 0.3 is 5.97 Å². The van der Waals surface area contributed by atoms with Crippen LogP contribution in [0.2, 0.25) is 0 Å². The molecule has 0 saturated carbocycles. The van der Waals surface area contributed by atoms with Crippen LogP contribution in [0, 0.1) is 0 Å². The van der Waals surface area contributed by atoms with Gasteiger partial charge in [0, 0.05) is 11.8 Å². The van der Waals surface area contributed by atoms with E-state index < -0.39 is 5.97 Å². The first-order valence-corrected chi connectivity index (χ1v) is 6.49. The summed E-state index contributed by atoms with van der Waals surface area (Å²) in [5.74, 6) is -0.947. The van der Waals surface area contributed by atoms with E-state index in [1.165, 1.54) is 5.56 Å². The molecule has 3 nitrogen and oxygen atoms in total. The Morgan fingerprint density at radius 3 is 2.45 bits per heavy atom. The van der Waals surface area contributed by atoms with E-state index in [9.17, 15) is 4.79 Å². The molecule has 0 atom stereocenters. The SMILES string of the molecule is CCc1cc(N)cc(-c2ccc(/C=C/C(=O)O)cc2)c1. The lowest BCUT2D eigenvalue weighted by Gasteiger charge is -2.07. The third kappa shape index (κ3) is 3.48. The third-order valence-corrected chi connectivity index (χ3v) is 3.09. The van der Waals surface area contributed by atoms with E-state index in [4.69, 9.17) is 10.8 Å². The predicted molar refractivity (Wildman–Crippen MR) is 82.3 cm³/mol. The number of nitrogen functional groups attached to an aromatic ring is 1. The fourth-order valence-corrected chi connectivity index (χ4v) is 2.04. The summed E-state index contributed by atoms with van der Waals surface area (Å²) in [6, 6.07) is 13.8. The number of aryl methyl sites for hydroxylation is 1. The number of nitrogens with two attached hydrogens (primary N) is 1. The molecular formula is C17H17NO2. The number of benzene rings is 2. The largest absolute Gasteiger partial charge is 0.478 e. The lowest BCUT2D eigenvalue weighted by molar-refractivity contribution is -0.131. The van der Waals surface area contributed by atoms with Crippen molar-refractivity contribution in [3.63, 3.8) is 0 Å². The topological polar surface area (TPSA) is 63.3 Å². The van der Waals surface area contributed by atoms with Crippen molar-refractivity contribution >= 4 is 17.7 Å². The van der Waals surface area contributed by atoms with Gasteiger partial charge in [-0.05, 0) is 46.9 Å². The molecule has 0 saturated heterocycles. The molecule has 0 aliphatic heterocycles. The molecule has 2 aromatic rings. The highest BCUT2D eigenvalue weighted by Crippen LogP contribution is 2.24. The van der Waals surface area contributed by atoms with Gasteiger partial charge in [-0.1, -0.05) is 37.3 Å². The fraction of sp³-hybridized carbons (Fsp3) is 0.118. The number of carboxylic acid groups (broad SMARTS) is 1. The Bertz CT molecular complexity index is 643. The molecule has 0 unspecified atom stereocenters. The molecule has 102 valence electrons. The van der Waals surface area contributed by atoms with Crippen LogP contribution in [-0.4, -0.2) is 11.1 Å². The molecule has 0 amide bonds. The second kappa shape index (κ2) is 6.06. The molecule has 0 aliphatic rings. The summed E-state index contributed by atoms with van der Waals surface area (Å²) in [6.45, 7) is 2.10. The number of hydrogen-bond donors (Lipinski definition) is 2. The van der Waals surface area contributed by atoms with E-state index in [0.29, 0.717) is 0 Å². The number of aliphatic carboxylic acids is 1. The highest BCUT2D eigenvalue weighted by atomic mass is 16.4. The first kappa shape index (κ1) is 13.9. The normalized spacial score (nSPS) is 10.8. The molecule has 0 bridgehead atoms. The van der Waals surface area contributed by atoms with Crippen molar-refractivity contribution in [1.82, 2.24) is 0 Å². The summed E-state index contributed by atoms with van der Waals surface area (Å²) < 4.78 is 0. The molecule has 2 rings (SSSR count).